The van der Waals surface area contributed by atoms with Gasteiger partial charge in [0.15, 0.2) is 5.78 Å². The Morgan fingerprint density at radius 1 is 0.929 bits per heavy atom. The maximum atomic E-state index is 13.4. The van der Waals surface area contributed by atoms with Crippen LogP contribution in [0, 0.1) is 0 Å². The monoisotopic (exact) mass is 570 g/mol. The number of nitrogens with zero attached hydrogens (tertiary/aromatic N) is 3. The topological polar surface area (TPSA) is 83.3 Å². The molecule has 226 valence electrons. The summed E-state index contributed by atoms with van der Waals surface area (Å²) in [4.78, 5) is 18.4. The van der Waals surface area contributed by atoms with Crippen LogP contribution in [-0.4, -0.2) is 41.5 Å². The van der Waals surface area contributed by atoms with Crippen molar-refractivity contribution < 1.29 is 7.65 Å². The number of hydrogen-bond acceptors (Lipinski definition) is 6. The second-order valence-electron chi connectivity index (χ2n) is 10.6. The molecular formula is C35H50N6O. The van der Waals surface area contributed by atoms with E-state index in [0.717, 1.165) is 84.4 Å². The summed E-state index contributed by atoms with van der Waals surface area (Å²) in [5.74, 6) is 0.993. The number of Topliss-reactive ketones (excluding diaryl/α,β-unsaturated/α-hetero) is 1. The number of anilines is 1. The number of fused-ring (bicyclic) bond motifs is 2. The Labute approximate surface area is 253 Å². The van der Waals surface area contributed by atoms with Crippen molar-refractivity contribution in [3.05, 3.63) is 100 Å². The Morgan fingerprint density at radius 3 is 2.55 bits per heavy atom. The van der Waals surface area contributed by atoms with E-state index in [2.05, 4.69) is 69.6 Å². The molecule has 3 aromatic rings. The van der Waals surface area contributed by atoms with E-state index in [-0.39, 0.29) is 8.64 Å². The quantitative estimate of drug-likeness (QED) is 0.263. The molecule has 0 aliphatic heterocycles. The Balaban J connectivity index is 0.000000911. The molecule has 0 saturated heterocycles. The van der Waals surface area contributed by atoms with Gasteiger partial charge in [-0.1, -0.05) is 38.5 Å². The molecule has 0 fully saturated rings. The van der Waals surface area contributed by atoms with E-state index in [1.165, 1.54) is 24.1 Å². The van der Waals surface area contributed by atoms with Gasteiger partial charge in [-0.15, -0.1) is 0 Å². The Morgan fingerprint density at radius 2 is 1.74 bits per heavy atom. The molecular weight excluding hydrogens is 520 g/mol. The molecule has 6 rings (SSSR count). The number of pyridine rings is 2. The third-order valence-electron chi connectivity index (χ3n) is 7.60. The molecule has 42 heavy (non-hydrogen) atoms. The number of carbonyl (C=O) groups is 1. The number of aryl methyl sites for hydroxylation is 1. The van der Waals surface area contributed by atoms with Crippen LogP contribution in [0.4, 0.5) is 5.82 Å². The summed E-state index contributed by atoms with van der Waals surface area (Å²) < 4.78 is 1.81. The zero-order valence-electron chi connectivity index (χ0n) is 25.9. The van der Waals surface area contributed by atoms with Crippen molar-refractivity contribution >= 4 is 22.7 Å². The van der Waals surface area contributed by atoms with E-state index in [1.54, 1.807) is 6.20 Å². The zero-order chi connectivity index (χ0) is 29.9. The van der Waals surface area contributed by atoms with E-state index in [1.807, 2.05) is 45.7 Å². The van der Waals surface area contributed by atoms with Crippen molar-refractivity contribution in [2.24, 2.45) is 0 Å². The lowest BCUT2D eigenvalue weighted by Gasteiger charge is -2.20. The van der Waals surface area contributed by atoms with Crippen LogP contribution >= 0.6 is 0 Å². The van der Waals surface area contributed by atoms with Crippen LogP contribution in [0.2, 0.25) is 0 Å². The van der Waals surface area contributed by atoms with Crippen molar-refractivity contribution in [2.75, 3.05) is 26.5 Å². The number of hydrogen-bond donors (Lipinski definition) is 3. The lowest BCUT2D eigenvalue weighted by atomic mass is 9.90. The molecule has 7 nitrogen and oxygen atoms in total. The Hall–Kier alpha value is -3.97. The van der Waals surface area contributed by atoms with E-state index < -0.39 is 0 Å². The first-order valence-corrected chi connectivity index (χ1v) is 15.5. The maximum absolute atomic E-state index is 13.4. The minimum atomic E-state index is 0. The minimum absolute atomic E-state index is 0. The number of allylic oxidation sites excluding steroid dienone is 6. The van der Waals surface area contributed by atoms with Gasteiger partial charge in [-0.3, -0.25) is 4.79 Å². The molecule has 0 aromatic carbocycles. The molecule has 0 amide bonds. The van der Waals surface area contributed by atoms with Crippen LogP contribution in [0.15, 0.2) is 77.9 Å². The number of ketones is 1. The van der Waals surface area contributed by atoms with Gasteiger partial charge in [0, 0.05) is 33.1 Å². The molecule has 0 atom stereocenters. The average Bonchev–Trinajstić information content (AvgIpc) is 3.26. The van der Waals surface area contributed by atoms with Gasteiger partial charge in [-0.2, -0.15) is 5.10 Å². The van der Waals surface area contributed by atoms with Crippen LogP contribution in [0.5, 0.6) is 0 Å². The number of carbonyl (C=O) groups excluding carboxylic acids is 1. The van der Waals surface area contributed by atoms with Crippen LogP contribution < -0.4 is 16.0 Å². The molecule has 0 unspecified atom stereocenters. The number of nitrogens with one attached hydrogen (secondary N) is 3. The molecule has 3 aliphatic carbocycles. The van der Waals surface area contributed by atoms with Crippen molar-refractivity contribution in [2.45, 2.75) is 71.6 Å². The van der Waals surface area contributed by atoms with E-state index >= 15 is 0 Å². The Kier molecular flexibility index (Phi) is 11.3. The summed E-state index contributed by atoms with van der Waals surface area (Å²) in [6, 6.07) is 8.43. The molecule has 0 spiro atoms. The van der Waals surface area contributed by atoms with Crippen LogP contribution in [0.25, 0.3) is 11.1 Å². The first-order chi connectivity index (χ1) is 20.6. The minimum Gasteiger partial charge on any atom is -0.391 e. The molecule has 7 heteroatoms. The van der Waals surface area contributed by atoms with Gasteiger partial charge in [0.25, 0.3) is 0 Å². The smallest absolute Gasteiger partial charge is 0.192 e. The number of rotatable bonds is 6. The van der Waals surface area contributed by atoms with Gasteiger partial charge >= 0.3 is 0 Å². The predicted molar refractivity (Wildman–Crippen MR) is 179 cm³/mol. The van der Waals surface area contributed by atoms with Gasteiger partial charge in [-0.25, -0.2) is 9.50 Å². The van der Waals surface area contributed by atoms with Crippen LogP contribution in [0.3, 0.4) is 0 Å². The summed E-state index contributed by atoms with van der Waals surface area (Å²) in [5, 5.41) is 14.0. The van der Waals surface area contributed by atoms with Crippen molar-refractivity contribution in [1.82, 2.24) is 25.2 Å². The van der Waals surface area contributed by atoms with Gasteiger partial charge < -0.3 is 16.0 Å². The van der Waals surface area contributed by atoms with Crippen molar-refractivity contribution in [3.63, 3.8) is 0 Å². The first kappa shape index (κ1) is 31.0. The first-order valence-electron chi connectivity index (χ1n) is 15.5. The third-order valence-corrected chi connectivity index (χ3v) is 7.60. The fourth-order valence-electron chi connectivity index (χ4n) is 5.59. The highest BCUT2D eigenvalue weighted by Gasteiger charge is 2.21. The van der Waals surface area contributed by atoms with Crippen molar-refractivity contribution in [1.29, 1.82) is 0 Å². The molecule has 3 aromatic heterocycles. The van der Waals surface area contributed by atoms with E-state index in [4.69, 9.17) is 4.98 Å². The molecule has 0 saturated carbocycles. The molecule has 0 bridgehead atoms. The SMILES string of the molecule is CC.CNC.CNC1=CC(Nc2ccc3c(n2)CCC=C3c2ccn3ncc(C(=O)C4=CCCCCC4)c3c2)=CCC1.[HH].[HH]. The normalized spacial score (nSPS) is 16.1. The molecule has 3 heterocycles. The number of aromatic nitrogens is 3. The summed E-state index contributed by atoms with van der Waals surface area (Å²) in [6.07, 6.45) is 21.7. The highest BCUT2D eigenvalue weighted by Crippen LogP contribution is 2.33. The summed E-state index contributed by atoms with van der Waals surface area (Å²) in [5.41, 5.74) is 9.34. The molecule has 3 aliphatic rings. The molecule has 0 radical (unpaired) electrons. The largest absolute Gasteiger partial charge is 0.391 e. The van der Waals surface area contributed by atoms with Gasteiger partial charge in [0.2, 0.25) is 0 Å². The van der Waals surface area contributed by atoms with Crippen LogP contribution in [0.1, 0.15) is 95.2 Å². The van der Waals surface area contributed by atoms with E-state index in [0.29, 0.717) is 5.56 Å². The fraction of sp³-hybridized carbons (Fsp3) is 0.400. The second kappa shape index (κ2) is 15.3. The van der Waals surface area contributed by atoms with Gasteiger partial charge in [0.05, 0.1) is 23.0 Å². The molecule has 3 N–H and O–H groups in total. The van der Waals surface area contributed by atoms with Gasteiger partial charge in [-0.05, 0) is 113 Å². The second-order valence-corrected chi connectivity index (χ2v) is 10.6. The highest BCUT2D eigenvalue weighted by molar-refractivity contribution is 6.13. The lowest BCUT2D eigenvalue weighted by molar-refractivity contribution is 0.103. The summed E-state index contributed by atoms with van der Waals surface area (Å²) >= 11 is 0. The predicted octanol–water partition coefficient (Wildman–Crippen LogP) is 7.73. The zero-order valence-corrected chi connectivity index (χ0v) is 25.9. The van der Waals surface area contributed by atoms with E-state index in [9.17, 15) is 4.79 Å². The lowest BCUT2D eigenvalue weighted by Crippen LogP contribution is -2.12. The average molecular weight is 571 g/mol. The van der Waals surface area contributed by atoms with Crippen LogP contribution in [-0.2, 0) is 6.42 Å². The highest BCUT2D eigenvalue weighted by atomic mass is 16.1. The maximum Gasteiger partial charge on any atom is 0.192 e. The standard InChI is InChI=1S/C31H33N5O.C2H7N.C2H6.2H2/c1-32-23-10-6-11-24(19-23)34-30-15-14-26-25(12-7-13-28(26)35-30)22-16-17-36-29(18-22)27(20-33-36)31(37)21-8-4-2-3-5-9-21;1-3-2;1-2;;/h8,11-12,14-20,32H,2-7,9-10,13H2,1H3,(H,34,35);3H,1-2H3;1-2H3;2*1H. The summed E-state index contributed by atoms with van der Waals surface area (Å²) in [6.45, 7) is 4.00. The Bertz CT molecular complexity index is 1520. The van der Waals surface area contributed by atoms with Gasteiger partial charge in [0.1, 0.15) is 5.82 Å². The third kappa shape index (κ3) is 7.26. The summed E-state index contributed by atoms with van der Waals surface area (Å²) in [7, 11) is 5.72. The van der Waals surface area contributed by atoms with Crippen molar-refractivity contribution in [3.8, 4) is 0 Å². The fourth-order valence-corrected chi connectivity index (χ4v) is 5.59.